The van der Waals surface area contributed by atoms with Gasteiger partial charge in [0.25, 0.3) is 5.56 Å². The van der Waals surface area contributed by atoms with Gasteiger partial charge in [-0.25, -0.2) is 14.2 Å². The quantitative estimate of drug-likeness (QED) is 0.465. The molecular weight excluding hydrogens is 437 g/mol. The molecule has 1 aromatic heterocycles. The molecule has 4 rings (SSSR count). The lowest BCUT2D eigenvalue weighted by atomic mass is 10.00. The highest BCUT2D eigenvalue weighted by Crippen LogP contribution is 2.32. The fourth-order valence-electron chi connectivity index (χ4n) is 4.09. The lowest BCUT2D eigenvalue weighted by Crippen LogP contribution is -2.42. The van der Waals surface area contributed by atoms with Gasteiger partial charge in [0.1, 0.15) is 18.2 Å². The van der Waals surface area contributed by atoms with Crippen LogP contribution >= 0.6 is 0 Å². The molecule has 9 heteroatoms. The second kappa shape index (κ2) is 10.5. The van der Waals surface area contributed by atoms with Gasteiger partial charge in [-0.2, -0.15) is 0 Å². The van der Waals surface area contributed by atoms with Gasteiger partial charge < -0.3 is 20.1 Å². The number of aliphatic hydroxyl groups excluding tert-OH is 1. The van der Waals surface area contributed by atoms with Crippen molar-refractivity contribution in [2.45, 2.75) is 18.9 Å². The van der Waals surface area contributed by atoms with E-state index >= 15 is 0 Å². The minimum atomic E-state index is -0.662. The number of halogens is 1. The van der Waals surface area contributed by atoms with Crippen molar-refractivity contribution < 1.29 is 14.2 Å². The van der Waals surface area contributed by atoms with Gasteiger partial charge in [0.05, 0.1) is 24.4 Å². The summed E-state index contributed by atoms with van der Waals surface area (Å²) in [6.07, 6.45) is 1.84. The van der Waals surface area contributed by atoms with Gasteiger partial charge in [-0.3, -0.25) is 9.78 Å². The summed E-state index contributed by atoms with van der Waals surface area (Å²) in [5, 5.41) is 12.2. The van der Waals surface area contributed by atoms with E-state index in [4.69, 9.17) is 21.4 Å². The van der Waals surface area contributed by atoms with Crippen LogP contribution in [-0.2, 0) is 0 Å². The molecule has 2 aromatic carbocycles. The Bertz CT molecular complexity index is 1240. The zero-order valence-corrected chi connectivity index (χ0v) is 18.8. The molecule has 0 bridgehead atoms. The number of nitrogens with zero attached hydrogens (tertiary/aromatic N) is 3. The highest BCUT2D eigenvalue weighted by Gasteiger charge is 2.23. The van der Waals surface area contributed by atoms with Crippen molar-refractivity contribution in [1.29, 1.82) is 0 Å². The largest absolute Gasteiger partial charge is 0.491 e. The fourth-order valence-corrected chi connectivity index (χ4v) is 4.09. The first-order chi connectivity index (χ1) is 16.5. The Kier molecular flexibility index (Phi) is 7.21. The first-order valence-corrected chi connectivity index (χ1v) is 11.1. The Morgan fingerprint density at radius 3 is 2.56 bits per heavy atom. The third-order valence-corrected chi connectivity index (χ3v) is 5.95. The fraction of sp³-hybridized carbons (Fsp3) is 0.320. The van der Waals surface area contributed by atoms with E-state index in [1.807, 2.05) is 11.9 Å². The van der Waals surface area contributed by atoms with Crippen LogP contribution in [0.3, 0.4) is 0 Å². The zero-order valence-electron chi connectivity index (χ0n) is 18.8. The summed E-state index contributed by atoms with van der Waals surface area (Å²) in [5.41, 5.74) is 1.23. The number of hydrogen-bond acceptors (Lipinski definition) is 6. The number of aromatic amines is 1. The third-order valence-electron chi connectivity index (χ3n) is 5.95. The van der Waals surface area contributed by atoms with Crippen LogP contribution in [0.2, 0.25) is 0 Å². The van der Waals surface area contributed by atoms with Gasteiger partial charge in [-0.15, -0.1) is 0 Å². The Morgan fingerprint density at radius 2 is 1.94 bits per heavy atom. The number of H-pyrrole nitrogens is 1. The summed E-state index contributed by atoms with van der Waals surface area (Å²) >= 11 is 0. The molecule has 176 valence electrons. The van der Waals surface area contributed by atoms with Crippen LogP contribution in [0.25, 0.3) is 27.2 Å². The molecule has 34 heavy (non-hydrogen) atoms. The van der Waals surface area contributed by atoms with Crippen molar-refractivity contribution in [2.24, 2.45) is 0 Å². The average Bonchev–Trinajstić information content (AvgIpc) is 2.87. The van der Waals surface area contributed by atoms with Gasteiger partial charge in [-0.1, -0.05) is 24.3 Å². The molecule has 0 atom stereocenters. The number of piperidine rings is 1. The number of ether oxygens (including phenoxy) is 1. The Morgan fingerprint density at radius 1 is 1.24 bits per heavy atom. The number of benzene rings is 2. The average molecular weight is 464 g/mol. The lowest BCUT2D eigenvalue weighted by molar-refractivity contribution is 0.201. The summed E-state index contributed by atoms with van der Waals surface area (Å²) < 4.78 is 19.9. The van der Waals surface area contributed by atoms with Crippen LogP contribution < -0.4 is 20.5 Å². The molecule has 1 saturated heterocycles. The predicted molar refractivity (Wildman–Crippen MR) is 129 cm³/mol. The second-order valence-electron chi connectivity index (χ2n) is 8.04. The summed E-state index contributed by atoms with van der Waals surface area (Å²) in [7, 11) is 1.94. The smallest absolute Gasteiger partial charge is 0.260 e. The number of nitrogens with one attached hydrogen (secondary N) is 2. The molecule has 0 amide bonds. The van der Waals surface area contributed by atoms with E-state index < -0.39 is 5.82 Å². The molecule has 1 fully saturated rings. The van der Waals surface area contributed by atoms with Crippen molar-refractivity contribution in [2.75, 3.05) is 38.3 Å². The molecule has 8 nitrogen and oxygen atoms in total. The van der Waals surface area contributed by atoms with Crippen LogP contribution in [0.15, 0.2) is 47.3 Å². The number of anilines is 1. The maximum Gasteiger partial charge on any atom is 0.260 e. The summed E-state index contributed by atoms with van der Waals surface area (Å²) in [4.78, 5) is 26.2. The van der Waals surface area contributed by atoms with Crippen molar-refractivity contribution in [1.82, 2.24) is 15.3 Å². The zero-order chi connectivity index (χ0) is 24.1. The molecule has 3 aromatic rings. The lowest BCUT2D eigenvalue weighted by Gasteiger charge is -2.32. The van der Waals surface area contributed by atoms with E-state index in [1.165, 1.54) is 12.1 Å². The Labute approximate surface area is 196 Å². The van der Waals surface area contributed by atoms with Gasteiger partial charge in [0.15, 0.2) is 0 Å². The van der Waals surface area contributed by atoms with Crippen molar-refractivity contribution in [3.05, 3.63) is 70.1 Å². The van der Waals surface area contributed by atoms with Crippen LogP contribution in [0.4, 0.5) is 16.0 Å². The normalized spacial score (nSPS) is 14.1. The molecule has 0 radical (unpaired) electrons. The third kappa shape index (κ3) is 4.93. The highest BCUT2D eigenvalue weighted by atomic mass is 19.1. The summed E-state index contributed by atoms with van der Waals surface area (Å²) in [6, 6.07) is 11.5. The van der Waals surface area contributed by atoms with E-state index in [2.05, 4.69) is 15.1 Å². The molecular formula is C25H26FN5O3. The first-order valence-electron chi connectivity index (χ1n) is 11.1. The maximum absolute atomic E-state index is 14.5. The van der Waals surface area contributed by atoms with Crippen LogP contribution in [0.1, 0.15) is 12.8 Å². The number of aliphatic hydroxyl groups is 1. The molecule has 2 heterocycles. The Balaban J connectivity index is 1.80. The van der Waals surface area contributed by atoms with Crippen LogP contribution in [0.5, 0.6) is 5.75 Å². The topological polar surface area (TPSA) is 94.8 Å². The monoisotopic (exact) mass is 463 g/mol. The molecule has 1 aliphatic heterocycles. The van der Waals surface area contributed by atoms with E-state index in [9.17, 15) is 9.18 Å². The van der Waals surface area contributed by atoms with Gasteiger partial charge >= 0.3 is 0 Å². The molecule has 0 unspecified atom stereocenters. The molecule has 3 N–H and O–H groups in total. The van der Waals surface area contributed by atoms with Crippen molar-refractivity contribution in [3.8, 4) is 28.1 Å². The maximum atomic E-state index is 14.5. The molecule has 0 spiro atoms. The van der Waals surface area contributed by atoms with E-state index in [0.717, 1.165) is 25.9 Å². The van der Waals surface area contributed by atoms with Crippen LogP contribution in [0, 0.1) is 12.4 Å². The summed E-state index contributed by atoms with van der Waals surface area (Å²) in [6.45, 7) is 8.64. The minimum Gasteiger partial charge on any atom is -0.491 e. The van der Waals surface area contributed by atoms with E-state index in [0.29, 0.717) is 40.1 Å². The Hall–Kier alpha value is -3.74. The van der Waals surface area contributed by atoms with Crippen LogP contribution in [-0.4, -0.2) is 54.5 Å². The highest BCUT2D eigenvalue weighted by molar-refractivity contribution is 5.81. The van der Waals surface area contributed by atoms with E-state index in [-0.39, 0.29) is 24.5 Å². The number of rotatable bonds is 7. The van der Waals surface area contributed by atoms with Crippen molar-refractivity contribution >= 4 is 11.6 Å². The number of hydrogen-bond donors (Lipinski definition) is 3. The molecule has 0 saturated carbocycles. The molecule has 1 aliphatic rings. The van der Waals surface area contributed by atoms with Gasteiger partial charge in [0.2, 0.25) is 11.6 Å². The predicted octanol–water partition coefficient (Wildman–Crippen LogP) is 3.35. The molecule has 0 aliphatic carbocycles. The first kappa shape index (κ1) is 23.4. The SMILES string of the molecule is [C-]#[N+]c1ccc(-c2nc(N3CCC(NC)CC3)[nH]c(=O)c2-c2ccc(OCCO)cc2)cc1F. The van der Waals surface area contributed by atoms with Gasteiger partial charge in [0, 0.05) is 24.7 Å². The number of aromatic nitrogens is 2. The second-order valence-corrected chi connectivity index (χ2v) is 8.04. The summed E-state index contributed by atoms with van der Waals surface area (Å²) in [5.74, 6) is 0.334. The van der Waals surface area contributed by atoms with Crippen molar-refractivity contribution in [3.63, 3.8) is 0 Å². The van der Waals surface area contributed by atoms with E-state index in [1.54, 1.807) is 30.3 Å². The van der Waals surface area contributed by atoms with Gasteiger partial charge in [-0.05, 0) is 43.7 Å². The minimum absolute atomic E-state index is 0.0881. The standard InChI is InChI=1S/C25H26FN5O3/c1-27-18-9-11-31(12-10-18)25-29-23(17-5-8-21(28-2)20(26)15-17)22(24(33)30-25)16-3-6-19(7-4-16)34-14-13-32/h3-8,15,18,27,32H,9-14H2,1H3,(H,29,30,33).